The number of rotatable bonds is 4. The second-order valence-electron chi connectivity index (χ2n) is 3.54. The van der Waals surface area contributed by atoms with E-state index in [1.807, 2.05) is 0 Å². The highest BCUT2D eigenvalue weighted by molar-refractivity contribution is 6.30. The number of carbonyl (C=O) groups excluding carboxylic acids is 1. The molecule has 0 aliphatic heterocycles. The van der Waals surface area contributed by atoms with E-state index in [0.717, 1.165) is 0 Å². The summed E-state index contributed by atoms with van der Waals surface area (Å²) in [5.74, 6) is -0.519. The van der Waals surface area contributed by atoms with E-state index >= 15 is 0 Å². The standard InChI is InChI=1S/C11H14ClNO2/c1-2-11(15,7-10(13)14)8-3-5-9(12)6-4-8/h3-6,15H,2,7H2,1H3,(H2,13,14)/t11-/m1/s1. The third kappa shape index (κ3) is 2.94. The van der Waals surface area contributed by atoms with E-state index in [1.165, 1.54) is 0 Å². The van der Waals surface area contributed by atoms with Crippen molar-refractivity contribution in [2.75, 3.05) is 0 Å². The van der Waals surface area contributed by atoms with Gasteiger partial charge in [0, 0.05) is 5.02 Å². The third-order valence-corrected chi connectivity index (χ3v) is 2.69. The zero-order valence-corrected chi connectivity index (χ0v) is 9.29. The minimum Gasteiger partial charge on any atom is -0.385 e. The van der Waals surface area contributed by atoms with Gasteiger partial charge in [-0.25, -0.2) is 0 Å². The first kappa shape index (κ1) is 12.0. The topological polar surface area (TPSA) is 63.3 Å². The highest BCUT2D eigenvalue weighted by atomic mass is 35.5. The molecule has 82 valence electrons. The predicted molar refractivity (Wildman–Crippen MR) is 59.5 cm³/mol. The van der Waals surface area contributed by atoms with E-state index in [-0.39, 0.29) is 6.42 Å². The molecule has 3 nitrogen and oxygen atoms in total. The largest absolute Gasteiger partial charge is 0.385 e. The maximum absolute atomic E-state index is 10.9. The first-order valence-corrected chi connectivity index (χ1v) is 5.12. The number of nitrogens with two attached hydrogens (primary N) is 1. The first-order valence-electron chi connectivity index (χ1n) is 4.74. The van der Waals surface area contributed by atoms with Crippen molar-refractivity contribution in [1.82, 2.24) is 0 Å². The fourth-order valence-electron chi connectivity index (χ4n) is 1.48. The van der Waals surface area contributed by atoms with Gasteiger partial charge in [0.25, 0.3) is 0 Å². The molecular weight excluding hydrogens is 214 g/mol. The fourth-order valence-corrected chi connectivity index (χ4v) is 1.61. The summed E-state index contributed by atoms with van der Waals surface area (Å²) in [6.07, 6.45) is 0.350. The van der Waals surface area contributed by atoms with E-state index in [4.69, 9.17) is 17.3 Å². The molecule has 0 fully saturated rings. The maximum atomic E-state index is 10.9. The summed E-state index contributed by atoms with van der Waals surface area (Å²) in [5, 5.41) is 10.8. The van der Waals surface area contributed by atoms with Gasteiger partial charge in [0.05, 0.1) is 12.0 Å². The number of hydrogen-bond donors (Lipinski definition) is 2. The van der Waals surface area contributed by atoms with Crippen LogP contribution in [0.25, 0.3) is 0 Å². The Bertz CT molecular complexity index is 350. The molecule has 0 saturated heterocycles. The summed E-state index contributed by atoms with van der Waals surface area (Å²) < 4.78 is 0. The molecular formula is C11H14ClNO2. The van der Waals surface area contributed by atoms with Crippen LogP contribution < -0.4 is 5.73 Å². The quantitative estimate of drug-likeness (QED) is 0.824. The molecule has 1 aromatic rings. The predicted octanol–water partition coefficient (Wildman–Crippen LogP) is 1.81. The van der Waals surface area contributed by atoms with Crippen molar-refractivity contribution in [2.45, 2.75) is 25.4 Å². The molecule has 0 spiro atoms. The van der Waals surface area contributed by atoms with Crippen molar-refractivity contribution in [3.8, 4) is 0 Å². The average molecular weight is 228 g/mol. The Morgan fingerprint density at radius 2 is 2.00 bits per heavy atom. The molecule has 4 heteroatoms. The van der Waals surface area contributed by atoms with Gasteiger partial charge in [-0.3, -0.25) is 4.79 Å². The van der Waals surface area contributed by atoms with Crippen molar-refractivity contribution in [2.24, 2.45) is 5.73 Å². The fraction of sp³-hybridized carbons (Fsp3) is 0.364. The number of hydrogen-bond acceptors (Lipinski definition) is 2. The second kappa shape index (κ2) is 4.64. The Morgan fingerprint density at radius 1 is 1.47 bits per heavy atom. The van der Waals surface area contributed by atoms with Gasteiger partial charge < -0.3 is 10.8 Å². The van der Waals surface area contributed by atoms with Gasteiger partial charge in [-0.05, 0) is 24.1 Å². The van der Waals surface area contributed by atoms with Gasteiger partial charge in [-0.1, -0.05) is 30.7 Å². The van der Waals surface area contributed by atoms with Crippen molar-refractivity contribution < 1.29 is 9.90 Å². The zero-order chi connectivity index (χ0) is 11.5. The zero-order valence-electron chi connectivity index (χ0n) is 8.53. The molecule has 0 unspecified atom stereocenters. The molecule has 0 saturated carbocycles. The monoisotopic (exact) mass is 227 g/mol. The molecule has 0 aliphatic rings. The Labute approximate surface area is 93.9 Å². The number of amides is 1. The summed E-state index contributed by atoms with van der Waals surface area (Å²) in [6.45, 7) is 1.80. The number of aliphatic hydroxyl groups is 1. The number of halogens is 1. The van der Waals surface area contributed by atoms with Crippen LogP contribution in [-0.4, -0.2) is 11.0 Å². The molecule has 0 radical (unpaired) electrons. The Hall–Kier alpha value is -1.06. The molecule has 0 aliphatic carbocycles. The van der Waals surface area contributed by atoms with Crippen LogP contribution in [0.3, 0.4) is 0 Å². The Morgan fingerprint density at radius 3 is 2.40 bits per heavy atom. The van der Waals surface area contributed by atoms with Crippen LogP contribution in [-0.2, 0) is 10.4 Å². The average Bonchev–Trinajstić information content (AvgIpc) is 2.17. The van der Waals surface area contributed by atoms with Crippen molar-refractivity contribution >= 4 is 17.5 Å². The van der Waals surface area contributed by atoms with E-state index in [0.29, 0.717) is 17.0 Å². The molecule has 15 heavy (non-hydrogen) atoms. The van der Waals surface area contributed by atoms with Crippen LogP contribution in [0, 0.1) is 0 Å². The summed E-state index contributed by atoms with van der Waals surface area (Å²) in [5.41, 5.74) is 4.57. The summed E-state index contributed by atoms with van der Waals surface area (Å²) in [7, 11) is 0. The van der Waals surface area contributed by atoms with Gasteiger partial charge in [-0.2, -0.15) is 0 Å². The van der Waals surface area contributed by atoms with Crippen molar-refractivity contribution in [3.63, 3.8) is 0 Å². The molecule has 0 heterocycles. The molecule has 1 amide bonds. The van der Waals surface area contributed by atoms with Crippen LogP contribution in [0.15, 0.2) is 24.3 Å². The summed E-state index contributed by atoms with van der Waals surface area (Å²) in [4.78, 5) is 10.9. The van der Waals surface area contributed by atoms with Gasteiger partial charge in [0.2, 0.25) is 5.91 Å². The smallest absolute Gasteiger partial charge is 0.220 e. The molecule has 0 bridgehead atoms. The Kier molecular flexibility index (Phi) is 3.72. The van der Waals surface area contributed by atoms with E-state index in [2.05, 4.69) is 0 Å². The van der Waals surface area contributed by atoms with E-state index in [9.17, 15) is 9.90 Å². The highest BCUT2D eigenvalue weighted by Crippen LogP contribution is 2.29. The molecule has 1 aromatic carbocycles. The highest BCUT2D eigenvalue weighted by Gasteiger charge is 2.29. The maximum Gasteiger partial charge on any atom is 0.220 e. The van der Waals surface area contributed by atoms with Crippen LogP contribution in [0.1, 0.15) is 25.3 Å². The van der Waals surface area contributed by atoms with Gasteiger partial charge in [0.1, 0.15) is 0 Å². The number of primary amides is 1. The van der Waals surface area contributed by atoms with Crippen molar-refractivity contribution in [1.29, 1.82) is 0 Å². The van der Waals surface area contributed by atoms with Crippen molar-refractivity contribution in [3.05, 3.63) is 34.9 Å². The lowest BCUT2D eigenvalue weighted by Crippen LogP contribution is -2.31. The minimum atomic E-state index is -1.18. The molecule has 1 rings (SSSR count). The summed E-state index contributed by atoms with van der Waals surface area (Å²) in [6, 6.07) is 6.76. The van der Waals surface area contributed by atoms with Gasteiger partial charge in [0.15, 0.2) is 0 Å². The lowest BCUT2D eigenvalue weighted by molar-refractivity contribution is -0.123. The first-order chi connectivity index (χ1) is 6.98. The normalized spacial score (nSPS) is 14.6. The molecule has 1 atom stereocenters. The van der Waals surface area contributed by atoms with Crippen LogP contribution in [0.2, 0.25) is 5.02 Å². The SMILES string of the molecule is CC[C@@](O)(CC(N)=O)c1ccc(Cl)cc1. The minimum absolute atomic E-state index is 0.0782. The molecule has 3 N–H and O–H groups in total. The van der Waals surface area contributed by atoms with Gasteiger partial charge in [-0.15, -0.1) is 0 Å². The second-order valence-corrected chi connectivity index (χ2v) is 3.97. The van der Waals surface area contributed by atoms with E-state index in [1.54, 1.807) is 31.2 Å². The van der Waals surface area contributed by atoms with E-state index < -0.39 is 11.5 Å². The third-order valence-electron chi connectivity index (χ3n) is 2.43. The van der Waals surface area contributed by atoms with Crippen LogP contribution >= 0.6 is 11.6 Å². The number of carbonyl (C=O) groups is 1. The lowest BCUT2D eigenvalue weighted by Gasteiger charge is -2.25. The van der Waals surface area contributed by atoms with Crippen LogP contribution in [0.4, 0.5) is 0 Å². The van der Waals surface area contributed by atoms with Gasteiger partial charge >= 0.3 is 0 Å². The Balaban J connectivity index is 3.00. The summed E-state index contributed by atoms with van der Waals surface area (Å²) >= 11 is 5.74. The molecule has 0 aromatic heterocycles. The van der Waals surface area contributed by atoms with Crippen LogP contribution in [0.5, 0.6) is 0 Å². The number of benzene rings is 1. The lowest BCUT2D eigenvalue weighted by atomic mass is 9.88.